The maximum atomic E-state index is 12.6. The van der Waals surface area contributed by atoms with Crippen LogP contribution in [0.3, 0.4) is 0 Å². The minimum Gasteiger partial charge on any atom is -0.387 e. The Labute approximate surface area is 296 Å². The Hall–Kier alpha value is -1.02. The third kappa shape index (κ3) is 33.5. The van der Waals surface area contributed by atoms with Gasteiger partial charge in [0.15, 0.2) is 0 Å². The quantitative estimate of drug-likeness (QED) is 0.0263. The molecule has 0 bridgehead atoms. The van der Waals surface area contributed by atoms with Gasteiger partial charge in [-0.1, -0.05) is 147 Å². The van der Waals surface area contributed by atoms with Crippen LogP contribution in [0.1, 0.15) is 168 Å². The first-order valence-electron chi connectivity index (χ1n) is 19.7. The van der Waals surface area contributed by atoms with Crippen molar-refractivity contribution in [3.8, 4) is 0 Å². The van der Waals surface area contributed by atoms with Crippen molar-refractivity contribution in [3.63, 3.8) is 0 Å². The summed E-state index contributed by atoms with van der Waals surface area (Å²) in [6.07, 6.45) is 36.2. The van der Waals surface area contributed by atoms with Gasteiger partial charge in [0.1, 0.15) is 13.2 Å². The molecule has 48 heavy (non-hydrogen) atoms. The number of nitrogens with one attached hydrogen (secondary N) is 1. The highest BCUT2D eigenvalue weighted by molar-refractivity contribution is 7.47. The molecule has 0 aliphatic rings. The molecule has 0 radical (unpaired) electrons. The molecule has 0 aromatic rings. The fourth-order valence-corrected chi connectivity index (χ4v) is 6.19. The van der Waals surface area contributed by atoms with Crippen LogP contribution in [-0.2, 0) is 18.4 Å². The second kappa shape index (κ2) is 31.9. The van der Waals surface area contributed by atoms with Crippen molar-refractivity contribution in [2.45, 2.75) is 180 Å². The Morgan fingerprint density at radius 3 is 1.65 bits per heavy atom. The van der Waals surface area contributed by atoms with E-state index in [-0.39, 0.29) is 19.1 Å². The first-order valence-corrected chi connectivity index (χ1v) is 21.2. The molecule has 0 spiro atoms. The Kier molecular flexibility index (Phi) is 31.2. The van der Waals surface area contributed by atoms with Gasteiger partial charge in [-0.25, -0.2) is 4.57 Å². The van der Waals surface area contributed by atoms with E-state index in [0.717, 1.165) is 32.1 Å². The fraction of sp³-hybridized carbons (Fsp3) is 0.872. The molecule has 0 aliphatic heterocycles. The van der Waals surface area contributed by atoms with E-state index < -0.39 is 20.0 Å². The Morgan fingerprint density at radius 2 is 1.17 bits per heavy atom. The monoisotopic (exact) mass is 702 g/mol. The predicted octanol–water partition coefficient (Wildman–Crippen LogP) is 10.2. The number of nitrogens with zero attached hydrogens (tertiary/aromatic N) is 1. The van der Waals surface area contributed by atoms with Gasteiger partial charge in [0, 0.05) is 6.42 Å². The molecule has 3 N–H and O–H groups in total. The summed E-state index contributed by atoms with van der Waals surface area (Å²) in [5, 5.41) is 13.4. The molecule has 284 valence electrons. The first-order chi connectivity index (χ1) is 23.0. The Bertz CT molecular complexity index is 845. The molecule has 8 nitrogen and oxygen atoms in total. The second-order valence-corrected chi connectivity index (χ2v) is 16.1. The number of phosphoric ester groups is 1. The number of aliphatic hydroxyl groups is 1. The first kappa shape index (κ1) is 47.0. The van der Waals surface area contributed by atoms with Gasteiger partial charge in [-0.05, 0) is 38.5 Å². The number of likely N-dealkylation sites (N-methyl/N-ethyl adjacent to an activating group) is 1. The largest absolute Gasteiger partial charge is 0.472 e. The normalized spacial score (nSPS) is 14.9. The summed E-state index contributed by atoms with van der Waals surface area (Å²) in [7, 11) is 1.56. The maximum Gasteiger partial charge on any atom is 0.472 e. The molecule has 0 fully saturated rings. The van der Waals surface area contributed by atoms with E-state index >= 15 is 0 Å². The van der Waals surface area contributed by atoms with Crippen molar-refractivity contribution < 1.29 is 32.9 Å². The van der Waals surface area contributed by atoms with Crippen LogP contribution in [0.4, 0.5) is 0 Å². The summed E-state index contributed by atoms with van der Waals surface area (Å²) in [4.78, 5) is 22.7. The molecule has 0 aromatic heterocycles. The maximum absolute atomic E-state index is 12.6. The highest BCUT2D eigenvalue weighted by atomic mass is 31.2. The van der Waals surface area contributed by atoms with Crippen LogP contribution in [0.2, 0.25) is 0 Å². The smallest absolute Gasteiger partial charge is 0.387 e. The van der Waals surface area contributed by atoms with Crippen LogP contribution >= 0.6 is 7.82 Å². The molecule has 1 amide bonds. The number of rotatable bonds is 35. The zero-order valence-corrected chi connectivity index (χ0v) is 32.9. The number of unbranched alkanes of at least 4 members (excludes halogenated alkanes) is 20. The molecular formula is C39H78N2O6P+. The summed E-state index contributed by atoms with van der Waals surface area (Å²) >= 11 is 0. The lowest BCUT2D eigenvalue weighted by Crippen LogP contribution is -2.45. The zero-order chi connectivity index (χ0) is 35.8. The summed E-state index contributed by atoms with van der Waals surface area (Å²) in [5.74, 6) is -0.191. The van der Waals surface area contributed by atoms with Gasteiger partial charge in [0.05, 0.1) is 39.9 Å². The van der Waals surface area contributed by atoms with Gasteiger partial charge < -0.3 is 19.8 Å². The van der Waals surface area contributed by atoms with Crippen LogP contribution in [-0.4, -0.2) is 73.4 Å². The summed E-state index contributed by atoms with van der Waals surface area (Å²) < 4.78 is 23.2. The number of hydrogen-bond acceptors (Lipinski definition) is 5. The molecule has 3 atom stereocenters. The van der Waals surface area contributed by atoms with Crippen LogP contribution in [0.25, 0.3) is 0 Å². The van der Waals surface area contributed by atoms with Crippen LogP contribution in [0.5, 0.6) is 0 Å². The molecule has 0 aromatic carbocycles. The molecule has 0 saturated heterocycles. The summed E-state index contributed by atoms with van der Waals surface area (Å²) in [6.45, 7) is 4.59. The Morgan fingerprint density at radius 1 is 0.688 bits per heavy atom. The average Bonchev–Trinajstić information content (AvgIpc) is 3.02. The number of phosphoric acid groups is 1. The van der Waals surface area contributed by atoms with Gasteiger partial charge in [-0.3, -0.25) is 13.8 Å². The highest BCUT2D eigenvalue weighted by Gasteiger charge is 2.27. The Balaban J connectivity index is 3.95. The summed E-state index contributed by atoms with van der Waals surface area (Å²) in [5.41, 5.74) is 0. The second-order valence-electron chi connectivity index (χ2n) is 14.7. The minimum absolute atomic E-state index is 0.0603. The van der Waals surface area contributed by atoms with Crippen molar-refractivity contribution >= 4 is 13.7 Å². The van der Waals surface area contributed by atoms with Crippen molar-refractivity contribution in [2.75, 3.05) is 40.9 Å². The topological polar surface area (TPSA) is 105 Å². The zero-order valence-electron chi connectivity index (χ0n) is 32.0. The molecule has 9 heteroatoms. The van der Waals surface area contributed by atoms with E-state index in [1.807, 2.05) is 34.1 Å². The van der Waals surface area contributed by atoms with E-state index in [2.05, 4.69) is 24.4 Å². The van der Waals surface area contributed by atoms with E-state index in [9.17, 15) is 19.4 Å². The number of carbonyl (C=O) groups is 1. The number of aliphatic hydroxyl groups excluding tert-OH is 1. The van der Waals surface area contributed by atoms with Crippen molar-refractivity contribution in [1.82, 2.24) is 5.32 Å². The van der Waals surface area contributed by atoms with Gasteiger partial charge in [0.25, 0.3) is 0 Å². The standard InChI is InChI=1S/C39H77N2O6P/c1-6-8-10-11-12-13-14-15-16-17-18-19-20-21-22-23-24-25-26-27-28-29-31-33-39(43)40-37(38(42)32-30-9-7-2)36-47-48(44,45)46-35-34-41(3,4)5/h17-18,30,32,37-38,42H,6-16,19-29,31,33-36H2,1-5H3,(H-,40,43,44,45)/p+1/b18-17-,32-30+. The number of quaternary nitrogens is 1. The number of hydrogen-bond donors (Lipinski definition) is 3. The van der Waals surface area contributed by atoms with Crippen molar-refractivity contribution in [3.05, 3.63) is 24.3 Å². The van der Waals surface area contributed by atoms with Crippen molar-refractivity contribution in [1.29, 1.82) is 0 Å². The molecule has 0 aliphatic carbocycles. The van der Waals surface area contributed by atoms with Crippen LogP contribution < -0.4 is 5.32 Å². The molecule has 0 rings (SSSR count). The van der Waals surface area contributed by atoms with Crippen LogP contribution in [0.15, 0.2) is 24.3 Å². The lowest BCUT2D eigenvalue weighted by atomic mass is 10.0. The molecular weight excluding hydrogens is 623 g/mol. The van der Waals surface area contributed by atoms with Gasteiger partial charge in [-0.2, -0.15) is 0 Å². The van der Waals surface area contributed by atoms with Crippen molar-refractivity contribution in [2.24, 2.45) is 0 Å². The highest BCUT2D eigenvalue weighted by Crippen LogP contribution is 2.43. The predicted molar refractivity (Wildman–Crippen MR) is 203 cm³/mol. The third-order valence-electron chi connectivity index (χ3n) is 8.65. The van der Waals surface area contributed by atoms with Gasteiger partial charge >= 0.3 is 7.82 Å². The average molecular weight is 702 g/mol. The van der Waals surface area contributed by atoms with Crippen LogP contribution in [0, 0.1) is 0 Å². The van der Waals surface area contributed by atoms with Gasteiger partial charge in [-0.15, -0.1) is 0 Å². The van der Waals surface area contributed by atoms with E-state index in [0.29, 0.717) is 17.4 Å². The van der Waals surface area contributed by atoms with Gasteiger partial charge in [0.2, 0.25) is 5.91 Å². The number of allylic oxidation sites excluding steroid dienone is 3. The number of amides is 1. The summed E-state index contributed by atoms with van der Waals surface area (Å²) in [6, 6.07) is -0.839. The van der Waals surface area contributed by atoms with E-state index in [4.69, 9.17) is 9.05 Å². The number of carbonyl (C=O) groups excluding carboxylic acids is 1. The molecule has 3 unspecified atom stereocenters. The SMILES string of the molecule is CCC/C=C/C(O)C(COP(=O)(O)OCC[N+](C)(C)C)NC(=O)CCCCCCCCCCCCC/C=C\CCCCCCCCCC. The molecule has 0 heterocycles. The lowest BCUT2D eigenvalue weighted by molar-refractivity contribution is -0.870. The van der Waals surface area contributed by atoms with E-state index in [1.54, 1.807) is 6.08 Å². The minimum atomic E-state index is -4.31. The van der Waals surface area contributed by atoms with E-state index in [1.165, 1.54) is 116 Å². The fourth-order valence-electron chi connectivity index (χ4n) is 5.45. The third-order valence-corrected chi connectivity index (χ3v) is 9.63. The lowest BCUT2D eigenvalue weighted by Gasteiger charge is -2.25. The molecule has 0 saturated carbocycles.